The van der Waals surface area contributed by atoms with Gasteiger partial charge in [0.25, 0.3) is 11.8 Å². The summed E-state index contributed by atoms with van der Waals surface area (Å²) in [6.07, 6.45) is 3.47. The van der Waals surface area contributed by atoms with Gasteiger partial charge in [0.05, 0.1) is 76.8 Å². The molecule has 2 aliphatic heterocycles. The highest BCUT2D eigenvalue weighted by atomic mass is 16.6. The monoisotopic (exact) mass is 945 g/mol. The van der Waals surface area contributed by atoms with Crippen LogP contribution in [0.15, 0.2) is 29.0 Å². The summed E-state index contributed by atoms with van der Waals surface area (Å²) in [6.45, 7) is 11.0. The van der Waals surface area contributed by atoms with E-state index in [1.54, 1.807) is 38.2 Å². The van der Waals surface area contributed by atoms with Crippen molar-refractivity contribution < 1.29 is 57.4 Å². The predicted molar refractivity (Wildman–Crippen MR) is 244 cm³/mol. The van der Waals surface area contributed by atoms with Crippen LogP contribution in [0.25, 0.3) is 22.6 Å². The Morgan fingerprint density at radius 2 is 1.65 bits per heavy atom. The number of imide groups is 2. The first kappa shape index (κ1) is 50.9. The fraction of sp³-hybridized carbons (Fsp3) is 0.533. The lowest BCUT2D eigenvalue weighted by Gasteiger charge is -2.27. The molecular formula is C45H59N11O12. The topological polar surface area (TPSA) is 299 Å². The van der Waals surface area contributed by atoms with Gasteiger partial charge in [-0.2, -0.15) is 0 Å². The number of imidazole rings is 1. The van der Waals surface area contributed by atoms with Crippen molar-refractivity contribution in [2.75, 3.05) is 96.7 Å². The molecule has 1 unspecified atom stereocenters. The highest BCUT2D eigenvalue weighted by Gasteiger charge is 2.45. The number of nitrogen functional groups attached to an aromatic ring is 1. The van der Waals surface area contributed by atoms with Crippen LogP contribution in [0, 0.1) is 11.8 Å². The summed E-state index contributed by atoms with van der Waals surface area (Å²) in [5.41, 5.74) is 7.40. The van der Waals surface area contributed by atoms with Gasteiger partial charge < -0.3 is 55.0 Å². The maximum atomic E-state index is 13.2. The number of nitrogens with two attached hydrogens (primary N) is 1. The first-order chi connectivity index (χ1) is 32.9. The zero-order chi connectivity index (χ0) is 48.5. The number of ether oxygens (including phenoxy) is 5. The number of anilines is 2. The van der Waals surface area contributed by atoms with E-state index in [1.807, 2.05) is 11.5 Å². The average Bonchev–Trinajstić information content (AvgIpc) is 3.99. The molecule has 0 spiro atoms. The number of hydrogen-bond donors (Lipinski definition) is 6. The van der Waals surface area contributed by atoms with Crippen LogP contribution in [-0.4, -0.2) is 162 Å². The second-order valence-electron chi connectivity index (χ2n) is 16.1. The van der Waals surface area contributed by atoms with Crippen molar-refractivity contribution in [3.05, 3.63) is 41.2 Å². The van der Waals surface area contributed by atoms with Crippen molar-refractivity contribution >= 4 is 52.1 Å². The summed E-state index contributed by atoms with van der Waals surface area (Å²) < 4.78 is 35.1. The number of carbonyl (C=O) groups is 5. The molecule has 23 nitrogen and oxygen atoms in total. The maximum absolute atomic E-state index is 13.2. The van der Waals surface area contributed by atoms with E-state index < -0.39 is 35.3 Å². The lowest BCUT2D eigenvalue weighted by molar-refractivity contribution is -0.136. The van der Waals surface area contributed by atoms with Crippen LogP contribution in [0.3, 0.4) is 0 Å². The molecular weight excluding hydrogens is 887 g/mol. The number of nitrogens with zero attached hydrogens (tertiary/aromatic N) is 6. The Morgan fingerprint density at radius 1 is 0.941 bits per heavy atom. The Bertz CT molecular complexity index is 2460. The minimum atomic E-state index is -1.23. The fourth-order valence-electron chi connectivity index (χ4n) is 7.27. The molecule has 2 aliphatic rings. The number of aryl methyl sites for hydroxylation is 1. The van der Waals surface area contributed by atoms with Gasteiger partial charge >= 0.3 is 0 Å². The van der Waals surface area contributed by atoms with Crippen LogP contribution in [0.5, 0.6) is 5.75 Å². The summed E-state index contributed by atoms with van der Waals surface area (Å²) >= 11 is 0. The molecule has 68 heavy (non-hydrogen) atoms. The molecule has 0 aliphatic carbocycles. The van der Waals surface area contributed by atoms with E-state index in [4.69, 9.17) is 39.0 Å². The lowest BCUT2D eigenvalue weighted by atomic mass is 10.0. The number of amides is 5. The molecule has 23 heteroatoms. The third-order valence-electron chi connectivity index (χ3n) is 10.5. The van der Waals surface area contributed by atoms with E-state index in [1.165, 1.54) is 0 Å². The number of fused-ring (bicyclic) bond motifs is 2. The Balaban J connectivity index is 0.741. The van der Waals surface area contributed by atoms with Gasteiger partial charge in [0, 0.05) is 38.2 Å². The van der Waals surface area contributed by atoms with Gasteiger partial charge in [-0.05, 0) is 81.5 Å². The van der Waals surface area contributed by atoms with Crippen LogP contribution >= 0.6 is 0 Å². The Kier molecular flexibility index (Phi) is 18.7. The minimum Gasteiger partial charge on any atom is -0.490 e. The smallest absolute Gasteiger partial charge is 0.264 e. The van der Waals surface area contributed by atoms with Crippen molar-refractivity contribution in [2.45, 2.75) is 71.1 Å². The maximum Gasteiger partial charge on any atom is 0.264 e. The SMILES string of the molecule is CCn1c(-c2nonc2N)nc2c(C#CC(C)(C)O)ncc(OCCCNCCCC(=O)NCCOCCOCCOCCOCCNc3cccc4c3C(=O)N(C3CCC(=O)NC3=O)C4=O)c21. The van der Waals surface area contributed by atoms with Crippen molar-refractivity contribution in [2.24, 2.45) is 0 Å². The lowest BCUT2D eigenvalue weighted by Crippen LogP contribution is -2.54. The van der Waals surface area contributed by atoms with E-state index in [2.05, 4.69) is 48.4 Å². The summed E-state index contributed by atoms with van der Waals surface area (Å²) in [4.78, 5) is 72.5. The molecule has 0 bridgehead atoms. The van der Waals surface area contributed by atoms with Crippen LogP contribution < -0.4 is 31.7 Å². The van der Waals surface area contributed by atoms with Crippen LogP contribution in [0.2, 0.25) is 0 Å². The highest BCUT2D eigenvalue weighted by molar-refractivity contribution is 6.25. The summed E-state index contributed by atoms with van der Waals surface area (Å²) in [5, 5.41) is 29.3. The van der Waals surface area contributed by atoms with Gasteiger partial charge in [0.2, 0.25) is 17.7 Å². The number of aromatic nitrogens is 5. The molecule has 4 aromatic rings. The first-order valence-electron chi connectivity index (χ1n) is 22.6. The number of benzene rings is 1. The van der Waals surface area contributed by atoms with Gasteiger partial charge in [-0.25, -0.2) is 14.6 Å². The summed E-state index contributed by atoms with van der Waals surface area (Å²) in [6, 6.07) is 3.86. The highest BCUT2D eigenvalue weighted by Crippen LogP contribution is 2.34. The zero-order valence-electron chi connectivity index (χ0n) is 38.5. The largest absolute Gasteiger partial charge is 0.490 e. The Labute approximate surface area is 392 Å². The van der Waals surface area contributed by atoms with Crippen LogP contribution in [0.4, 0.5) is 11.5 Å². The molecule has 366 valence electrons. The van der Waals surface area contributed by atoms with E-state index in [-0.39, 0.29) is 41.4 Å². The van der Waals surface area contributed by atoms with E-state index >= 15 is 0 Å². The molecule has 0 saturated carbocycles. The van der Waals surface area contributed by atoms with Gasteiger partial charge in [-0.15, -0.1) is 0 Å². The molecule has 5 amide bonds. The second kappa shape index (κ2) is 25.0. The van der Waals surface area contributed by atoms with Gasteiger partial charge in [0.15, 0.2) is 23.1 Å². The zero-order valence-corrected chi connectivity index (χ0v) is 38.5. The van der Waals surface area contributed by atoms with E-state index in [0.717, 1.165) is 4.90 Å². The third-order valence-corrected chi connectivity index (χ3v) is 10.5. The predicted octanol–water partition coefficient (Wildman–Crippen LogP) is 1.04. The van der Waals surface area contributed by atoms with Gasteiger partial charge in [0.1, 0.15) is 28.4 Å². The third kappa shape index (κ3) is 13.8. The standard InChI is InChI=1S/C45H59N11O12/c1-4-55-39-33(28-50-31(13-14-45(2,3)62)37(39)52-41(55)38-40(46)54-68-53-38)67-19-7-16-47-15-6-10-34(57)49-18-21-64-23-25-66-27-26-65-24-22-63-20-17-48-30-9-5-8-29-36(30)44(61)56(43(29)60)32-11-12-35(58)51-42(32)59/h5,8-9,28,32,47-48,62H,4,6-7,10-12,15-27H2,1-3H3,(H2,46,54)(H,49,57)(H,51,58,59). The number of aliphatic hydroxyl groups is 1. The molecule has 5 heterocycles. The fourth-order valence-corrected chi connectivity index (χ4v) is 7.27. The van der Waals surface area contributed by atoms with Gasteiger partial charge in [-0.1, -0.05) is 12.0 Å². The summed E-state index contributed by atoms with van der Waals surface area (Å²) in [7, 11) is 0. The molecule has 1 aromatic carbocycles. The van der Waals surface area contributed by atoms with E-state index in [9.17, 15) is 29.1 Å². The van der Waals surface area contributed by atoms with Crippen molar-refractivity contribution in [1.29, 1.82) is 0 Å². The molecule has 7 N–H and O–H groups in total. The molecule has 1 fully saturated rings. The van der Waals surface area contributed by atoms with Crippen LogP contribution in [0.1, 0.15) is 79.3 Å². The average molecular weight is 946 g/mol. The number of piperidine rings is 1. The Morgan fingerprint density at radius 3 is 2.32 bits per heavy atom. The molecule has 1 atom stereocenters. The number of rotatable bonds is 28. The Hall–Kier alpha value is -6.55. The van der Waals surface area contributed by atoms with Crippen molar-refractivity contribution in [3.8, 4) is 29.1 Å². The minimum absolute atomic E-state index is 0.0525. The first-order valence-corrected chi connectivity index (χ1v) is 22.6. The molecule has 3 aromatic heterocycles. The van der Waals surface area contributed by atoms with Gasteiger partial charge in [-0.3, -0.25) is 34.2 Å². The van der Waals surface area contributed by atoms with Crippen LogP contribution in [-0.2, 0) is 39.9 Å². The molecule has 6 rings (SSSR count). The number of nitrogens with one attached hydrogen (secondary N) is 4. The molecule has 1 saturated heterocycles. The number of carbonyl (C=O) groups excluding carboxylic acids is 5. The van der Waals surface area contributed by atoms with Crippen molar-refractivity contribution in [3.63, 3.8) is 0 Å². The number of pyridine rings is 1. The number of hydrogen-bond acceptors (Lipinski definition) is 19. The second-order valence-corrected chi connectivity index (χ2v) is 16.1. The molecule has 0 radical (unpaired) electrons. The van der Waals surface area contributed by atoms with E-state index in [0.29, 0.717) is 145 Å². The van der Waals surface area contributed by atoms with Crippen molar-refractivity contribution in [1.82, 2.24) is 45.7 Å². The normalized spacial score (nSPS) is 14.8. The summed E-state index contributed by atoms with van der Waals surface area (Å²) in [5.74, 6) is 4.47. The quantitative estimate of drug-likeness (QED) is 0.0263.